The smallest absolute Gasteiger partial charge is 0.255 e. The zero-order chi connectivity index (χ0) is 18.7. The second-order valence-electron chi connectivity index (χ2n) is 6.56. The second-order valence-corrected chi connectivity index (χ2v) is 6.56. The average Bonchev–Trinajstić information content (AvgIpc) is 2.67. The Labute approximate surface area is 151 Å². The van der Waals surface area contributed by atoms with E-state index in [1.165, 1.54) is 17.4 Å². The molecule has 1 saturated heterocycles. The second kappa shape index (κ2) is 7.17. The largest absolute Gasteiger partial charge is 0.362 e. The van der Waals surface area contributed by atoms with Gasteiger partial charge in [-0.25, -0.2) is 9.97 Å². The number of carbonyl (C=O) groups is 2. The molecule has 0 N–H and O–H groups in total. The van der Waals surface area contributed by atoms with E-state index in [-0.39, 0.29) is 18.4 Å². The van der Waals surface area contributed by atoms with Crippen LogP contribution in [0.5, 0.6) is 0 Å². The van der Waals surface area contributed by atoms with Crippen molar-refractivity contribution in [3.05, 3.63) is 42.6 Å². The number of pyridine rings is 1. The van der Waals surface area contributed by atoms with Crippen LogP contribution in [0, 0.1) is 0 Å². The number of ether oxygens (including phenoxy) is 1. The first kappa shape index (κ1) is 17.9. The summed E-state index contributed by atoms with van der Waals surface area (Å²) in [5.74, 6) is -0.331. The van der Waals surface area contributed by atoms with Gasteiger partial charge in [0, 0.05) is 44.8 Å². The van der Waals surface area contributed by atoms with Crippen molar-refractivity contribution >= 4 is 11.8 Å². The highest BCUT2D eigenvalue weighted by molar-refractivity contribution is 5.95. The van der Waals surface area contributed by atoms with Crippen LogP contribution in [0.3, 0.4) is 0 Å². The average molecular weight is 355 g/mol. The van der Waals surface area contributed by atoms with E-state index in [1.807, 2.05) is 0 Å². The van der Waals surface area contributed by atoms with Crippen molar-refractivity contribution in [2.24, 2.45) is 0 Å². The molecule has 3 rings (SSSR count). The maximum atomic E-state index is 12.8. The Kier molecular flexibility index (Phi) is 4.94. The summed E-state index contributed by atoms with van der Waals surface area (Å²) < 4.78 is 5.67. The number of hydrogen-bond acceptors (Lipinski definition) is 6. The summed E-state index contributed by atoms with van der Waals surface area (Å²) in [5.41, 5.74) is 0.900. The number of morpholine rings is 1. The Morgan fingerprint density at radius 2 is 1.92 bits per heavy atom. The van der Waals surface area contributed by atoms with Gasteiger partial charge in [-0.15, -0.1) is 0 Å². The standard InChI is InChI=1S/C18H21N5O3/c1-18(17(25)22(2)3)11-23(6-7-26-18)16(24)13-4-5-15(21-10-13)14-8-19-12-20-9-14/h4-5,8-10,12H,6-7,11H2,1-3H3/t18-/m0/s1. The first-order valence-electron chi connectivity index (χ1n) is 8.27. The molecule has 1 atom stereocenters. The third kappa shape index (κ3) is 3.55. The Morgan fingerprint density at radius 1 is 1.19 bits per heavy atom. The topological polar surface area (TPSA) is 88.5 Å². The van der Waals surface area contributed by atoms with E-state index >= 15 is 0 Å². The van der Waals surface area contributed by atoms with Gasteiger partial charge < -0.3 is 14.5 Å². The Hall–Kier alpha value is -2.87. The third-order valence-corrected chi connectivity index (χ3v) is 4.29. The molecule has 2 aromatic heterocycles. The van der Waals surface area contributed by atoms with Gasteiger partial charge in [0.25, 0.3) is 11.8 Å². The minimum Gasteiger partial charge on any atom is -0.362 e. The number of amides is 2. The lowest BCUT2D eigenvalue weighted by atomic mass is 10.0. The van der Waals surface area contributed by atoms with Crippen LogP contribution in [0.4, 0.5) is 0 Å². The van der Waals surface area contributed by atoms with Crippen molar-refractivity contribution in [2.45, 2.75) is 12.5 Å². The zero-order valence-corrected chi connectivity index (χ0v) is 15.0. The molecule has 8 nitrogen and oxygen atoms in total. The van der Waals surface area contributed by atoms with Crippen LogP contribution in [0.15, 0.2) is 37.1 Å². The highest BCUT2D eigenvalue weighted by atomic mass is 16.5. The number of nitrogens with zero attached hydrogens (tertiary/aromatic N) is 5. The Morgan fingerprint density at radius 3 is 2.54 bits per heavy atom. The molecule has 1 aliphatic heterocycles. The third-order valence-electron chi connectivity index (χ3n) is 4.29. The molecule has 26 heavy (non-hydrogen) atoms. The molecule has 0 radical (unpaired) electrons. The lowest BCUT2D eigenvalue weighted by Crippen LogP contribution is -2.59. The van der Waals surface area contributed by atoms with Gasteiger partial charge in [0.15, 0.2) is 5.60 Å². The predicted octanol–water partition coefficient (Wildman–Crippen LogP) is 0.858. The number of aromatic nitrogens is 3. The predicted molar refractivity (Wildman–Crippen MR) is 94.2 cm³/mol. The number of rotatable bonds is 3. The maximum absolute atomic E-state index is 12.8. The van der Waals surface area contributed by atoms with Gasteiger partial charge in [-0.05, 0) is 19.1 Å². The van der Waals surface area contributed by atoms with Crippen molar-refractivity contribution in [3.8, 4) is 11.3 Å². The fraction of sp³-hybridized carbons (Fsp3) is 0.389. The fourth-order valence-electron chi connectivity index (χ4n) is 2.95. The van der Waals surface area contributed by atoms with Gasteiger partial charge in [0.05, 0.1) is 24.4 Å². The van der Waals surface area contributed by atoms with Gasteiger partial charge >= 0.3 is 0 Å². The summed E-state index contributed by atoms with van der Waals surface area (Å²) in [6.07, 6.45) is 6.31. The van der Waals surface area contributed by atoms with Crippen molar-refractivity contribution in [1.82, 2.24) is 24.8 Å². The molecule has 0 saturated carbocycles. The summed E-state index contributed by atoms with van der Waals surface area (Å²) in [7, 11) is 3.35. The molecule has 1 aliphatic rings. The van der Waals surface area contributed by atoms with Crippen LogP contribution in [-0.2, 0) is 9.53 Å². The Bertz CT molecular complexity index is 794. The SMILES string of the molecule is CN(C)C(=O)[C@]1(C)CN(C(=O)c2ccc(-c3cncnc3)nc2)CCO1. The molecule has 0 aromatic carbocycles. The molecule has 0 spiro atoms. The minimum absolute atomic E-state index is 0.160. The lowest BCUT2D eigenvalue weighted by molar-refractivity contribution is -0.162. The van der Waals surface area contributed by atoms with Crippen molar-refractivity contribution in [1.29, 1.82) is 0 Å². The zero-order valence-electron chi connectivity index (χ0n) is 15.0. The van der Waals surface area contributed by atoms with Crippen LogP contribution in [0.1, 0.15) is 17.3 Å². The van der Waals surface area contributed by atoms with Crippen LogP contribution >= 0.6 is 0 Å². The summed E-state index contributed by atoms with van der Waals surface area (Å²) in [5, 5.41) is 0. The molecule has 2 amide bonds. The van der Waals surface area contributed by atoms with E-state index in [9.17, 15) is 9.59 Å². The molecule has 8 heteroatoms. The summed E-state index contributed by atoms with van der Waals surface area (Å²) in [6.45, 7) is 2.67. The van der Waals surface area contributed by atoms with E-state index in [0.717, 1.165) is 5.56 Å². The van der Waals surface area contributed by atoms with Gasteiger partial charge in [0.2, 0.25) is 0 Å². The molecule has 1 fully saturated rings. The molecule has 0 bridgehead atoms. The molecule has 136 valence electrons. The summed E-state index contributed by atoms with van der Waals surface area (Å²) >= 11 is 0. The number of likely N-dealkylation sites (N-methyl/N-ethyl adjacent to an activating group) is 1. The molecule has 2 aromatic rings. The Balaban J connectivity index is 1.76. The van der Waals surface area contributed by atoms with Crippen LogP contribution in [0.2, 0.25) is 0 Å². The van der Waals surface area contributed by atoms with E-state index in [1.54, 1.807) is 50.4 Å². The van der Waals surface area contributed by atoms with Gasteiger partial charge in [-0.1, -0.05) is 0 Å². The van der Waals surface area contributed by atoms with Gasteiger partial charge in [-0.3, -0.25) is 14.6 Å². The van der Waals surface area contributed by atoms with Crippen molar-refractivity contribution in [2.75, 3.05) is 33.8 Å². The van der Waals surface area contributed by atoms with Crippen molar-refractivity contribution in [3.63, 3.8) is 0 Å². The molecule has 3 heterocycles. The molecular formula is C18H21N5O3. The highest BCUT2D eigenvalue weighted by Crippen LogP contribution is 2.22. The first-order chi connectivity index (χ1) is 12.4. The quantitative estimate of drug-likeness (QED) is 0.811. The van der Waals surface area contributed by atoms with E-state index in [4.69, 9.17) is 4.74 Å². The lowest BCUT2D eigenvalue weighted by Gasteiger charge is -2.40. The van der Waals surface area contributed by atoms with Crippen LogP contribution < -0.4 is 0 Å². The van der Waals surface area contributed by atoms with E-state index in [0.29, 0.717) is 24.4 Å². The highest BCUT2D eigenvalue weighted by Gasteiger charge is 2.41. The first-order valence-corrected chi connectivity index (χ1v) is 8.27. The minimum atomic E-state index is -1.04. The van der Waals surface area contributed by atoms with Crippen LogP contribution in [-0.4, -0.2) is 76.0 Å². The number of carbonyl (C=O) groups excluding carboxylic acids is 2. The molecule has 0 unspecified atom stereocenters. The van der Waals surface area contributed by atoms with Crippen molar-refractivity contribution < 1.29 is 14.3 Å². The monoisotopic (exact) mass is 355 g/mol. The summed E-state index contributed by atoms with van der Waals surface area (Å²) in [4.78, 5) is 40.5. The fourth-order valence-corrected chi connectivity index (χ4v) is 2.95. The van der Waals surface area contributed by atoms with Gasteiger partial charge in [-0.2, -0.15) is 0 Å². The molecular weight excluding hydrogens is 334 g/mol. The maximum Gasteiger partial charge on any atom is 0.255 e. The van der Waals surface area contributed by atoms with Crippen LogP contribution in [0.25, 0.3) is 11.3 Å². The summed E-state index contributed by atoms with van der Waals surface area (Å²) in [6, 6.07) is 3.48. The van der Waals surface area contributed by atoms with Gasteiger partial charge in [0.1, 0.15) is 6.33 Å². The normalized spacial score (nSPS) is 19.9. The van der Waals surface area contributed by atoms with E-state index in [2.05, 4.69) is 15.0 Å². The molecule has 0 aliphatic carbocycles. The van der Waals surface area contributed by atoms with E-state index < -0.39 is 5.60 Å². The number of hydrogen-bond donors (Lipinski definition) is 0.